The van der Waals surface area contributed by atoms with Crippen LogP contribution in [-0.4, -0.2) is 59.6 Å². The topological polar surface area (TPSA) is 122 Å². The molecule has 19 heavy (non-hydrogen) atoms. The predicted molar refractivity (Wildman–Crippen MR) is 75.3 cm³/mol. The number of nitrogens with one attached hydrogen (secondary N) is 2. The lowest BCUT2D eigenvalue weighted by Gasteiger charge is -2.26. The van der Waals surface area contributed by atoms with Gasteiger partial charge in [0.25, 0.3) is 10.2 Å². The molecular formula is C9H24N4O4S2. The average Bonchev–Trinajstić information content (AvgIpc) is 2.20. The second kappa shape index (κ2) is 6.95. The highest BCUT2D eigenvalue weighted by Crippen LogP contribution is 2.04. The molecule has 0 saturated heterocycles. The molecule has 0 unspecified atom stereocenters. The van der Waals surface area contributed by atoms with Crippen LogP contribution in [0.5, 0.6) is 0 Å². The van der Waals surface area contributed by atoms with Gasteiger partial charge in [-0.2, -0.15) is 12.7 Å². The first kappa shape index (κ1) is 18.7. The van der Waals surface area contributed by atoms with Crippen LogP contribution in [0.3, 0.4) is 0 Å². The van der Waals surface area contributed by atoms with Crippen LogP contribution in [0.25, 0.3) is 0 Å². The summed E-state index contributed by atoms with van der Waals surface area (Å²) in [6.07, 6.45) is 1.58. The first-order chi connectivity index (χ1) is 8.40. The van der Waals surface area contributed by atoms with Gasteiger partial charge in [-0.1, -0.05) is 0 Å². The normalized spacial score (nSPS) is 14.0. The number of hydrogen-bond acceptors (Lipinski definition) is 5. The summed E-state index contributed by atoms with van der Waals surface area (Å²) in [5.41, 5.74) is 4.41. The van der Waals surface area contributed by atoms with Gasteiger partial charge in [-0.05, 0) is 26.8 Å². The van der Waals surface area contributed by atoms with Gasteiger partial charge in [-0.15, -0.1) is 0 Å². The van der Waals surface area contributed by atoms with E-state index in [0.717, 1.165) is 10.6 Å². The molecule has 0 amide bonds. The lowest BCUT2D eigenvalue weighted by molar-refractivity contribution is 0.419. The maximum atomic E-state index is 11.8. The molecule has 116 valence electrons. The van der Waals surface area contributed by atoms with Crippen molar-refractivity contribution in [2.75, 3.05) is 32.9 Å². The van der Waals surface area contributed by atoms with Crippen molar-refractivity contribution >= 4 is 20.2 Å². The summed E-state index contributed by atoms with van der Waals surface area (Å²) in [5.74, 6) is 0. The molecule has 0 heterocycles. The van der Waals surface area contributed by atoms with Crippen LogP contribution in [0, 0.1) is 0 Å². The van der Waals surface area contributed by atoms with Crippen LogP contribution in [0.4, 0.5) is 0 Å². The quantitative estimate of drug-likeness (QED) is 0.474. The Labute approximate surface area is 116 Å². The van der Waals surface area contributed by atoms with Crippen molar-refractivity contribution in [2.24, 2.45) is 5.73 Å². The molecule has 0 radical (unpaired) electrons. The van der Waals surface area contributed by atoms with E-state index in [0.29, 0.717) is 19.5 Å². The Kier molecular flexibility index (Phi) is 6.86. The Morgan fingerprint density at radius 1 is 1.21 bits per heavy atom. The minimum atomic E-state index is -3.63. The van der Waals surface area contributed by atoms with E-state index in [4.69, 9.17) is 5.73 Å². The second-order valence-corrected chi connectivity index (χ2v) is 8.66. The first-order valence-corrected chi connectivity index (χ1v) is 9.13. The summed E-state index contributed by atoms with van der Waals surface area (Å²) in [7, 11) is -5.59. The average molecular weight is 316 g/mol. The zero-order valence-corrected chi connectivity index (χ0v) is 13.4. The van der Waals surface area contributed by atoms with Gasteiger partial charge in [0, 0.05) is 25.7 Å². The van der Waals surface area contributed by atoms with Gasteiger partial charge in [0.15, 0.2) is 0 Å². The maximum Gasteiger partial charge on any atom is 0.279 e. The van der Waals surface area contributed by atoms with E-state index in [1.54, 1.807) is 13.8 Å². The predicted octanol–water partition coefficient (Wildman–Crippen LogP) is -1.57. The molecular weight excluding hydrogens is 292 g/mol. The minimum Gasteiger partial charge on any atom is -0.330 e. The van der Waals surface area contributed by atoms with E-state index in [2.05, 4.69) is 9.44 Å². The van der Waals surface area contributed by atoms with Crippen LogP contribution in [0.2, 0.25) is 0 Å². The van der Waals surface area contributed by atoms with Crippen molar-refractivity contribution in [1.29, 1.82) is 0 Å². The monoisotopic (exact) mass is 316 g/mol. The zero-order valence-electron chi connectivity index (χ0n) is 11.8. The van der Waals surface area contributed by atoms with Crippen molar-refractivity contribution in [3.63, 3.8) is 0 Å². The summed E-state index contributed by atoms with van der Waals surface area (Å²) in [6, 6.07) is 0. The first-order valence-electron chi connectivity index (χ1n) is 5.79. The van der Waals surface area contributed by atoms with Crippen LogP contribution in [0.1, 0.15) is 20.3 Å². The fourth-order valence-electron chi connectivity index (χ4n) is 1.35. The molecule has 0 aliphatic rings. The molecule has 0 aromatic rings. The molecule has 0 rings (SSSR count). The summed E-state index contributed by atoms with van der Waals surface area (Å²) >= 11 is 0. The van der Waals surface area contributed by atoms with Crippen LogP contribution < -0.4 is 15.2 Å². The molecule has 0 aromatic heterocycles. The van der Waals surface area contributed by atoms with E-state index >= 15 is 0 Å². The van der Waals surface area contributed by atoms with E-state index in [-0.39, 0.29) is 6.54 Å². The summed E-state index contributed by atoms with van der Waals surface area (Å²) in [5, 5.41) is 0. The fraction of sp³-hybridized carbons (Fsp3) is 1.00. The third-order valence-electron chi connectivity index (χ3n) is 2.25. The molecule has 0 bridgehead atoms. The Morgan fingerprint density at radius 3 is 2.16 bits per heavy atom. The SMILES string of the molecule is CN(CCCN)S(=O)(=O)NCC(C)(C)NS(C)(=O)=O. The van der Waals surface area contributed by atoms with Gasteiger partial charge in [0.05, 0.1) is 6.26 Å². The van der Waals surface area contributed by atoms with Gasteiger partial charge < -0.3 is 5.73 Å². The van der Waals surface area contributed by atoms with Crippen molar-refractivity contribution in [2.45, 2.75) is 25.8 Å². The van der Waals surface area contributed by atoms with Crippen molar-refractivity contribution in [3.05, 3.63) is 0 Å². The Hall–Kier alpha value is -0.260. The Balaban J connectivity index is 4.53. The van der Waals surface area contributed by atoms with E-state index in [9.17, 15) is 16.8 Å². The summed E-state index contributed by atoms with van der Waals surface area (Å²) in [4.78, 5) is 0. The van der Waals surface area contributed by atoms with Gasteiger partial charge in [0.2, 0.25) is 10.0 Å². The van der Waals surface area contributed by atoms with Crippen LogP contribution >= 0.6 is 0 Å². The number of hydrogen-bond donors (Lipinski definition) is 3. The largest absolute Gasteiger partial charge is 0.330 e. The van der Waals surface area contributed by atoms with Gasteiger partial charge >= 0.3 is 0 Å². The fourth-order valence-corrected chi connectivity index (χ4v) is 3.56. The highest BCUT2D eigenvalue weighted by atomic mass is 32.2. The standard InChI is InChI=1S/C9H24N4O4S2/c1-9(2,12-18(4,14)15)8-11-19(16,17)13(3)7-5-6-10/h11-12H,5-8,10H2,1-4H3. The number of rotatable bonds is 9. The number of nitrogens with zero attached hydrogens (tertiary/aromatic N) is 1. The highest BCUT2D eigenvalue weighted by molar-refractivity contribution is 7.88. The lowest BCUT2D eigenvalue weighted by atomic mass is 10.1. The Morgan fingerprint density at radius 2 is 1.74 bits per heavy atom. The van der Waals surface area contributed by atoms with Crippen LogP contribution in [0.15, 0.2) is 0 Å². The van der Waals surface area contributed by atoms with Crippen molar-refractivity contribution in [1.82, 2.24) is 13.7 Å². The molecule has 0 aliphatic heterocycles. The molecule has 0 spiro atoms. The van der Waals surface area contributed by atoms with E-state index < -0.39 is 25.8 Å². The third-order valence-corrected chi connectivity index (χ3v) is 4.68. The van der Waals surface area contributed by atoms with Crippen molar-refractivity contribution in [3.8, 4) is 0 Å². The van der Waals surface area contributed by atoms with Gasteiger partial charge in [-0.3, -0.25) is 0 Å². The molecule has 4 N–H and O–H groups in total. The van der Waals surface area contributed by atoms with E-state index in [1.165, 1.54) is 7.05 Å². The molecule has 8 nitrogen and oxygen atoms in total. The summed E-state index contributed by atoms with van der Waals surface area (Å²) < 4.78 is 51.8. The summed E-state index contributed by atoms with van der Waals surface area (Å²) in [6.45, 7) is 3.86. The second-order valence-electron chi connectivity index (χ2n) is 5.05. The maximum absolute atomic E-state index is 11.8. The minimum absolute atomic E-state index is 0.0463. The molecule has 0 fully saturated rings. The van der Waals surface area contributed by atoms with Crippen molar-refractivity contribution < 1.29 is 16.8 Å². The van der Waals surface area contributed by atoms with Gasteiger partial charge in [0.1, 0.15) is 0 Å². The Bertz CT molecular complexity index is 472. The highest BCUT2D eigenvalue weighted by Gasteiger charge is 2.26. The smallest absolute Gasteiger partial charge is 0.279 e. The van der Waals surface area contributed by atoms with E-state index in [1.807, 2.05) is 0 Å². The number of nitrogens with two attached hydrogens (primary N) is 1. The number of sulfonamides is 1. The molecule has 0 saturated carbocycles. The van der Waals surface area contributed by atoms with Gasteiger partial charge in [-0.25, -0.2) is 17.9 Å². The molecule has 0 atom stereocenters. The lowest BCUT2D eigenvalue weighted by Crippen LogP contribution is -2.53. The molecule has 0 aromatic carbocycles. The van der Waals surface area contributed by atoms with Crippen LogP contribution in [-0.2, 0) is 20.2 Å². The molecule has 10 heteroatoms. The molecule has 0 aliphatic carbocycles. The third kappa shape index (κ3) is 8.50. The zero-order chi connectivity index (χ0) is 15.3.